The molecule has 2 amide bonds. The topological polar surface area (TPSA) is 122 Å². The van der Waals surface area contributed by atoms with E-state index in [1.54, 1.807) is 15.7 Å². The molecule has 0 radical (unpaired) electrons. The van der Waals surface area contributed by atoms with Gasteiger partial charge in [-0.15, -0.1) is 11.3 Å². The lowest BCUT2D eigenvalue weighted by Gasteiger charge is -2.39. The molecule has 4 heterocycles. The highest BCUT2D eigenvalue weighted by atomic mass is 35.5. The Hall–Kier alpha value is -4.00. The number of piperidine rings is 1. The number of ether oxygens (including phenoxy) is 1. The zero-order valence-electron chi connectivity index (χ0n) is 26.0. The van der Waals surface area contributed by atoms with Gasteiger partial charge < -0.3 is 25.2 Å². The Morgan fingerprint density at radius 2 is 1.91 bits per heavy atom. The molecule has 3 aliphatic rings. The van der Waals surface area contributed by atoms with Crippen molar-refractivity contribution in [2.75, 3.05) is 32.6 Å². The van der Waals surface area contributed by atoms with Crippen molar-refractivity contribution in [3.8, 4) is 10.6 Å². The molecule has 0 spiro atoms. The molecule has 13 heteroatoms. The molecule has 46 heavy (non-hydrogen) atoms. The van der Waals surface area contributed by atoms with Crippen LogP contribution in [0, 0.1) is 6.92 Å². The van der Waals surface area contributed by atoms with E-state index in [2.05, 4.69) is 34.6 Å². The maximum atomic E-state index is 13.9. The van der Waals surface area contributed by atoms with Crippen molar-refractivity contribution in [2.45, 2.75) is 63.3 Å². The van der Waals surface area contributed by atoms with E-state index in [1.807, 2.05) is 43.3 Å². The van der Waals surface area contributed by atoms with Gasteiger partial charge in [0, 0.05) is 40.9 Å². The third-order valence-corrected chi connectivity index (χ3v) is 10.7. The van der Waals surface area contributed by atoms with Crippen LogP contribution in [-0.2, 0) is 11.3 Å². The molecule has 0 bridgehead atoms. The van der Waals surface area contributed by atoms with Crippen LogP contribution >= 0.6 is 22.9 Å². The number of amides is 2. The number of halogens is 1. The highest BCUT2D eigenvalue weighted by Crippen LogP contribution is 2.36. The quantitative estimate of drug-likeness (QED) is 0.278. The molecule has 2 saturated heterocycles. The third kappa shape index (κ3) is 5.96. The standard InChI is InChI=1S/C33H36ClN7O4S/c1-18-36-28-13-25(31-35-15-29(46-31)30(42)38-22-11-23(12-22)39(2)3)27(37-21-8-9-40-24(10-21)17-45-33(40)44)14-26(28)32(43)41(18)16-19-4-6-20(34)7-5-19/h4-7,13-15,21-24,37H,8-12,16-17H2,1-3H3,(H,38,42)/t21?,22?,23?,24-/m0/s1. The van der Waals surface area contributed by atoms with E-state index in [-0.39, 0.29) is 35.7 Å². The van der Waals surface area contributed by atoms with Crippen LogP contribution in [0.25, 0.3) is 21.5 Å². The fourth-order valence-corrected chi connectivity index (χ4v) is 7.55. The molecule has 2 aliphatic heterocycles. The Bertz CT molecular complexity index is 1870. The summed E-state index contributed by atoms with van der Waals surface area (Å²) >= 11 is 7.40. The zero-order chi connectivity index (χ0) is 32.1. The number of carbonyl (C=O) groups excluding carboxylic acids is 2. The van der Waals surface area contributed by atoms with Gasteiger partial charge in [-0.1, -0.05) is 23.7 Å². The highest BCUT2D eigenvalue weighted by Gasteiger charge is 2.38. The van der Waals surface area contributed by atoms with Crippen LogP contribution in [0.4, 0.5) is 10.5 Å². The van der Waals surface area contributed by atoms with Gasteiger partial charge in [0.2, 0.25) is 0 Å². The lowest BCUT2D eigenvalue weighted by Crippen LogP contribution is -2.51. The normalized spacial score (nSPS) is 22.5. The number of hydrogen-bond donors (Lipinski definition) is 2. The van der Waals surface area contributed by atoms with Gasteiger partial charge in [-0.25, -0.2) is 14.8 Å². The maximum Gasteiger partial charge on any atom is 0.410 e. The van der Waals surface area contributed by atoms with Crippen molar-refractivity contribution in [3.63, 3.8) is 0 Å². The molecule has 1 saturated carbocycles. The van der Waals surface area contributed by atoms with Crippen molar-refractivity contribution < 1.29 is 14.3 Å². The van der Waals surface area contributed by atoms with Crippen LogP contribution in [0.5, 0.6) is 0 Å². The van der Waals surface area contributed by atoms with Crippen LogP contribution in [-0.4, -0.2) is 87.7 Å². The van der Waals surface area contributed by atoms with Gasteiger partial charge >= 0.3 is 6.09 Å². The number of nitrogens with zero attached hydrogens (tertiary/aromatic N) is 5. The summed E-state index contributed by atoms with van der Waals surface area (Å²) in [7, 11) is 4.12. The van der Waals surface area contributed by atoms with E-state index in [0.29, 0.717) is 57.4 Å². The summed E-state index contributed by atoms with van der Waals surface area (Å²) in [5.74, 6) is 0.465. The summed E-state index contributed by atoms with van der Waals surface area (Å²) in [6, 6.07) is 11.9. The number of anilines is 1. The lowest BCUT2D eigenvalue weighted by atomic mass is 9.86. The molecule has 240 valence electrons. The number of carbonyl (C=O) groups is 2. The summed E-state index contributed by atoms with van der Waals surface area (Å²) in [6.07, 6.45) is 4.67. The minimum atomic E-state index is -0.259. The van der Waals surface area contributed by atoms with Crippen LogP contribution < -0.4 is 16.2 Å². The molecule has 1 aliphatic carbocycles. The molecule has 2 aromatic carbocycles. The second kappa shape index (κ2) is 12.3. The summed E-state index contributed by atoms with van der Waals surface area (Å²) in [5, 5.41) is 8.59. The van der Waals surface area contributed by atoms with E-state index in [9.17, 15) is 14.4 Å². The maximum absolute atomic E-state index is 13.9. The lowest BCUT2D eigenvalue weighted by molar-refractivity contribution is 0.0857. The van der Waals surface area contributed by atoms with Crippen molar-refractivity contribution in [1.82, 2.24) is 29.7 Å². The van der Waals surface area contributed by atoms with E-state index in [1.165, 1.54) is 11.3 Å². The smallest absolute Gasteiger partial charge is 0.410 e. The molecule has 2 atom stereocenters. The first-order chi connectivity index (χ1) is 22.1. The summed E-state index contributed by atoms with van der Waals surface area (Å²) < 4.78 is 6.95. The largest absolute Gasteiger partial charge is 0.447 e. The summed E-state index contributed by atoms with van der Waals surface area (Å²) in [4.78, 5) is 53.2. The SMILES string of the molecule is Cc1nc2cc(-c3ncc(C(=O)NC4CC(N(C)C)C4)s3)c(NC3CCN4C(=O)OC[C@@H]4C3)cc2c(=O)n1Cc1ccc(Cl)cc1. The predicted molar refractivity (Wildman–Crippen MR) is 179 cm³/mol. The molecule has 2 N–H and O–H groups in total. The van der Waals surface area contributed by atoms with Gasteiger partial charge in [-0.05, 0) is 76.5 Å². The highest BCUT2D eigenvalue weighted by molar-refractivity contribution is 7.17. The number of rotatable bonds is 8. The monoisotopic (exact) mass is 661 g/mol. The van der Waals surface area contributed by atoms with Gasteiger partial charge in [0.1, 0.15) is 22.3 Å². The first kappa shape index (κ1) is 30.6. The molecule has 4 aromatic rings. The number of fused-ring (bicyclic) bond motifs is 2. The Morgan fingerprint density at radius 3 is 2.67 bits per heavy atom. The molecule has 1 unspecified atom stereocenters. The number of benzene rings is 2. The molecular weight excluding hydrogens is 626 g/mol. The molecule has 7 rings (SSSR count). The van der Waals surface area contributed by atoms with Crippen molar-refractivity contribution >= 4 is 51.5 Å². The van der Waals surface area contributed by atoms with Crippen LogP contribution in [0.15, 0.2) is 47.4 Å². The van der Waals surface area contributed by atoms with Gasteiger partial charge in [-0.2, -0.15) is 0 Å². The fraction of sp³-hybridized carbons (Fsp3) is 0.424. The number of thiazole rings is 1. The summed E-state index contributed by atoms with van der Waals surface area (Å²) in [5.41, 5.74) is 2.87. The minimum Gasteiger partial charge on any atom is -0.447 e. The number of hydrogen-bond acceptors (Lipinski definition) is 9. The summed E-state index contributed by atoms with van der Waals surface area (Å²) in [6.45, 7) is 3.16. The first-order valence-electron chi connectivity index (χ1n) is 15.6. The second-order valence-electron chi connectivity index (χ2n) is 12.7. The van der Waals surface area contributed by atoms with E-state index in [0.717, 1.165) is 42.5 Å². The van der Waals surface area contributed by atoms with E-state index in [4.69, 9.17) is 21.3 Å². The average Bonchev–Trinajstić information content (AvgIpc) is 3.65. The Labute approximate surface area is 275 Å². The minimum absolute atomic E-state index is 0.0114. The number of aromatic nitrogens is 3. The molecule has 2 aromatic heterocycles. The third-order valence-electron chi connectivity index (χ3n) is 9.39. The van der Waals surface area contributed by atoms with Crippen molar-refractivity contribution in [2.24, 2.45) is 0 Å². The van der Waals surface area contributed by atoms with Gasteiger partial charge in [-0.3, -0.25) is 14.2 Å². The molecule has 11 nitrogen and oxygen atoms in total. The van der Waals surface area contributed by atoms with Gasteiger partial charge in [0.25, 0.3) is 11.5 Å². The molecule has 3 fully saturated rings. The van der Waals surface area contributed by atoms with Crippen LogP contribution in [0.2, 0.25) is 5.02 Å². The number of cyclic esters (lactones) is 1. The first-order valence-corrected chi connectivity index (χ1v) is 16.8. The number of nitrogens with one attached hydrogen (secondary N) is 2. The Balaban J connectivity index is 1.22. The van der Waals surface area contributed by atoms with Crippen LogP contribution in [0.3, 0.4) is 0 Å². The van der Waals surface area contributed by atoms with Crippen molar-refractivity contribution in [1.29, 1.82) is 0 Å². The predicted octanol–water partition coefficient (Wildman–Crippen LogP) is 4.75. The van der Waals surface area contributed by atoms with Gasteiger partial charge in [0.15, 0.2) is 0 Å². The van der Waals surface area contributed by atoms with Gasteiger partial charge in [0.05, 0.1) is 29.7 Å². The van der Waals surface area contributed by atoms with E-state index >= 15 is 0 Å². The van der Waals surface area contributed by atoms with Crippen molar-refractivity contribution in [3.05, 3.63) is 74.2 Å². The fourth-order valence-electron chi connectivity index (χ4n) is 6.57. The van der Waals surface area contributed by atoms with Crippen LogP contribution in [0.1, 0.15) is 46.7 Å². The average molecular weight is 662 g/mol. The Kier molecular flexibility index (Phi) is 8.20. The molecular formula is C33H36ClN7O4S. The number of aryl methyl sites for hydroxylation is 1. The Morgan fingerprint density at radius 1 is 1.13 bits per heavy atom. The van der Waals surface area contributed by atoms with E-state index < -0.39 is 0 Å². The second-order valence-corrected chi connectivity index (χ2v) is 14.1. The zero-order valence-corrected chi connectivity index (χ0v) is 27.5.